The molecule has 1 N–H and O–H groups in total. The van der Waals surface area contributed by atoms with Crippen LogP contribution in [0.2, 0.25) is 0 Å². The maximum Gasteiger partial charge on any atom is 0.245 e. The molecule has 1 saturated heterocycles. The molecule has 1 aliphatic heterocycles. The first-order valence-electron chi connectivity index (χ1n) is 10.3. The van der Waals surface area contributed by atoms with Crippen molar-refractivity contribution in [2.24, 2.45) is 5.10 Å². The zero-order valence-corrected chi connectivity index (χ0v) is 18.3. The molecular formula is C23H27FN6O. The highest BCUT2D eigenvalue weighted by Gasteiger charge is 2.17. The molecule has 3 aromatic rings. The van der Waals surface area contributed by atoms with Gasteiger partial charge in [0.1, 0.15) is 0 Å². The third-order valence-corrected chi connectivity index (χ3v) is 5.62. The van der Waals surface area contributed by atoms with Crippen LogP contribution in [0.25, 0.3) is 5.69 Å². The molecular weight excluding hydrogens is 395 g/mol. The topological polar surface area (TPSA) is 67.6 Å². The van der Waals surface area contributed by atoms with Gasteiger partial charge in [-0.25, -0.2) is 14.8 Å². The van der Waals surface area contributed by atoms with E-state index in [0.717, 1.165) is 22.6 Å². The summed E-state index contributed by atoms with van der Waals surface area (Å²) in [6.07, 6.45) is 2.91. The zero-order chi connectivity index (χ0) is 22.0. The predicted octanol–water partition coefficient (Wildman–Crippen LogP) is 3.92. The van der Waals surface area contributed by atoms with Crippen molar-refractivity contribution < 1.29 is 9.13 Å². The molecule has 0 radical (unpaired) electrons. The molecule has 31 heavy (non-hydrogen) atoms. The molecule has 0 saturated carbocycles. The smallest absolute Gasteiger partial charge is 0.245 e. The van der Waals surface area contributed by atoms with Crippen LogP contribution in [0.1, 0.15) is 28.1 Å². The Kier molecular flexibility index (Phi) is 5.99. The summed E-state index contributed by atoms with van der Waals surface area (Å²) >= 11 is 0. The number of halogens is 1. The minimum absolute atomic E-state index is 0.252. The Morgan fingerprint density at radius 2 is 1.87 bits per heavy atom. The molecule has 4 rings (SSSR count). The minimum Gasteiger partial charge on any atom is -0.378 e. The van der Waals surface area contributed by atoms with Crippen LogP contribution in [-0.2, 0) is 4.74 Å². The Labute approximate surface area is 181 Å². The quantitative estimate of drug-likeness (QED) is 0.499. The predicted molar refractivity (Wildman–Crippen MR) is 121 cm³/mol. The first-order valence-corrected chi connectivity index (χ1v) is 10.3. The highest BCUT2D eigenvalue weighted by atomic mass is 19.1. The Morgan fingerprint density at radius 3 is 2.61 bits per heavy atom. The normalized spacial score (nSPS) is 14.4. The summed E-state index contributed by atoms with van der Waals surface area (Å²) in [4.78, 5) is 10.1. The Bertz CT molecular complexity index is 1120. The van der Waals surface area contributed by atoms with Crippen molar-refractivity contribution in [1.29, 1.82) is 0 Å². The molecule has 1 aliphatic rings. The molecule has 0 bridgehead atoms. The lowest BCUT2D eigenvalue weighted by Gasteiger charge is -2.27. The average molecular weight is 423 g/mol. The number of ether oxygens (including phenoxy) is 1. The highest BCUT2D eigenvalue weighted by Crippen LogP contribution is 2.22. The number of anilines is 2. The van der Waals surface area contributed by atoms with Crippen LogP contribution >= 0.6 is 0 Å². The molecule has 2 aromatic heterocycles. The van der Waals surface area contributed by atoms with Gasteiger partial charge >= 0.3 is 0 Å². The molecule has 8 heteroatoms. The summed E-state index contributed by atoms with van der Waals surface area (Å²) in [5.74, 6) is 0.0689. The van der Waals surface area contributed by atoms with Crippen molar-refractivity contribution in [3.63, 3.8) is 0 Å². The standard InChI is InChI=1S/C23H27FN6O/c1-15-5-6-20(11-16(15)2)30-17(3)12-19(18(30)4)13-26-28-23-25-14-21(24)22(27-23)29-7-9-31-10-8-29/h5-6,11-14H,7-10H2,1-4H3,(H,25,27,28)/b26-13+. The van der Waals surface area contributed by atoms with Gasteiger partial charge in [-0.2, -0.15) is 10.1 Å². The van der Waals surface area contributed by atoms with Crippen LogP contribution in [0, 0.1) is 33.5 Å². The Balaban J connectivity index is 1.53. The lowest BCUT2D eigenvalue weighted by molar-refractivity contribution is 0.122. The van der Waals surface area contributed by atoms with E-state index in [2.05, 4.69) is 77.0 Å². The van der Waals surface area contributed by atoms with E-state index in [0.29, 0.717) is 26.3 Å². The lowest BCUT2D eigenvalue weighted by atomic mass is 10.1. The summed E-state index contributed by atoms with van der Waals surface area (Å²) in [5, 5.41) is 4.29. The van der Waals surface area contributed by atoms with Crippen molar-refractivity contribution in [1.82, 2.24) is 14.5 Å². The number of nitrogens with zero attached hydrogens (tertiary/aromatic N) is 5. The maximum atomic E-state index is 14.2. The molecule has 0 aliphatic carbocycles. The van der Waals surface area contributed by atoms with Gasteiger partial charge in [0.25, 0.3) is 0 Å². The van der Waals surface area contributed by atoms with Crippen molar-refractivity contribution in [2.45, 2.75) is 27.7 Å². The van der Waals surface area contributed by atoms with Gasteiger partial charge in [0, 0.05) is 35.7 Å². The van der Waals surface area contributed by atoms with Crippen LogP contribution in [0.15, 0.2) is 35.6 Å². The monoisotopic (exact) mass is 422 g/mol. The number of benzene rings is 1. The molecule has 1 aromatic carbocycles. The Morgan fingerprint density at radius 1 is 1.10 bits per heavy atom. The lowest BCUT2D eigenvalue weighted by Crippen LogP contribution is -2.37. The van der Waals surface area contributed by atoms with Crippen molar-refractivity contribution >= 4 is 18.0 Å². The van der Waals surface area contributed by atoms with Crippen LogP contribution in [-0.4, -0.2) is 47.1 Å². The van der Waals surface area contributed by atoms with Crippen molar-refractivity contribution in [3.05, 3.63) is 64.4 Å². The molecule has 0 amide bonds. The molecule has 0 unspecified atom stereocenters. The van der Waals surface area contributed by atoms with Gasteiger partial charge < -0.3 is 14.2 Å². The largest absolute Gasteiger partial charge is 0.378 e. The number of aromatic nitrogens is 3. The molecule has 7 nitrogen and oxygen atoms in total. The van der Waals surface area contributed by atoms with Crippen molar-refractivity contribution in [3.8, 4) is 5.69 Å². The van der Waals surface area contributed by atoms with E-state index in [1.165, 1.54) is 17.3 Å². The fraction of sp³-hybridized carbons (Fsp3) is 0.348. The maximum absolute atomic E-state index is 14.2. The van der Waals surface area contributed by atoms with E-state index in [1.807, 2.05) is 4.90 Å². The first kappa shape index (κ1) is 21.0. The SMILES string of the molecule is Cc1ccc(-n2c(C)cc(/C=N/Nc3ncc(F)c(N4CCOCC4)n3)c2C)cc1C. The van der Waals surface area contributed by atoms with Gasteiger partial charge in [-0.1, -0.05) is 6.07 Å². The number of aryl methyl sites for hydroxylation is 3. The molecule has 0 spiro atoms. The second kappa shape index (κ2) is 8.85. The number of morpholine rings is 1. The van der Waals surface area contributed by atoms with Gasteiger partial charge in [0.2, 0.25) is 5.95 Å². The minimum atomic E-state index is -0.451. The third kappa shape index (κ3) is 4.44. The van der Waals surface area contributed by atoms with E-state index in [1.54, 1.807) is 6.21 Å². The van der Waals surface area contributed by atoms with Gasteiger partial charge in [-0.15, -0.1) is 0 Å². The van der Waals surface area contributed by atoms with Gasteiger partial charge in [-0.05, 0) is 57.0 Å². The summed E-state index contributed by atoms with van der Waals surface area (Å²) in [5.41, 5.74) is 9.67. The Hall–Kier alpha value is -3.26. The fourth-order valence-corrected chi connectivity index (χ4v) is 3.75. The number of rotatable bonds is 5. The fourth-order valence-electron chi connectivity index (χ4n) is 3.75. The summed E-state index contributed by atoms with van der Waals surface area (Å²) < 4.78 is 21.7. The number of hydrogen-bond donors (Lipinski definition) is 1. The van der Waals surface area contributed by atoms with Gasteiger partial charge in [0.05, 0.1) is 25.6 Å². The third-order valence-electron chi connectivity index (χ3n) is 5.62. The summed E-state index contributed by atoms with van der Waals surface area (Å²) in [7, 11) is 0. The molecule has 1 fully saturated rings. The van der Waals surface area contributed by atoms with Gasteiger partial charge in [0.15, 0.2) is 11.6 Å². The summed E-state index contributed by atoms with van der Waals surface area (Å²) in [6.45, 7) is 10.7. The van der Waals surface area contributed by atoms with E-state index < -0.39 is 5.82 Å². The van der Waals surface area contributed by atoms with E-state index in [4.69, 9.17) is 4.74 Å². The van der Waals surface area contributed by atoms with Crippen LogP contribution < -0.4 is 10.3 Å². The number of hydrazone groups is 1. The second-order valence-electron chi connectivity index (χ2n) is 7.77. The molecule has 3 heterocycles. The van der Waals surface area contributed by atoms with E-state index >= 15 is 0 Å². The first-order chi connectivity index (χ1) is 14.9. The molecule has 162 valence electrons. The second-order valence-corrected chi connectivity index (χ2v) is 7.77. The van der Waals surface area contributed by atoms with Crippen LogP contribution in [0.5, 0.6) is 0 Å². The number of hydrogen-bond acceptors (Lipinski definition) is 6. The van der Waals surface area contributed by atoms with E-state index in [9.17, 15) is 4.39 Å². The highest BCUT2D eigenvalue weighted by molar-refractivity contribution is 5.82. The zero-order valence-electron chi connectivity index (χ0n) is 18.3. The van der Waals surface area contributed by atoms with Gasteiger partial charge in [-0.3, -0.25) is 0 Å². The summed E-state index contributed by atoms with van der Waals surface area (Å²) in [6, 6.07) is 8.53. The van der Waals surface area contributed by atoms with Crippen LogP contribution in [0.4, 0.5) is 16.2 Å². The average Bonchev–Trinajstić information content (AvgIpc) is 3.05. The molecule has 0 atom stereocenters. The number of nitrogens with one attached hydrogen (secondary N) is 1. The van der Waals surface area contributed by atoms with Crippen molar-refractivity contribution in [2.75, 3.05) is 36.6 Å². The van der Waals surface area contributed by atoms with E-state index in [-0.39, 0.29) is 11.8 Å². The van der Waals surface area contributed by atoms with Crippen LogP contribution in [0.3, 0.4) is 0 Å².